The second-order valence-electron chi connectivity index (χ2n) is 6.28. The smallest absolute Gasteiger partial charge is 0.276 e. The van der Waals surface area contributed by atoms with E-state index >= 15 is 0 Å². The van der Waals surface area contributed by atoms with E-state index in [1.165, 1.54) is 4.80 Å². The Morgan fingerprint density at radius 1 is 1.17 bits per heavy atom. The van der Waals surface area contributed by atoms with E-state index < -0.39 is 0 Å². The molecule has 2 aliphatic rings. The molecule has 2 bridgehead atoms. The Morgan fingerprint density at radius 3 is 2.52 bits per heavy atom. The average molecular weight is 328 g/mol. The molecule has 0 spiro atoms. The summed E-state index contributed by atoms with van der Waals surface area (Å²) in [6.07, 6.45) is 8.23. The molecule has 2 aromatic rings. The molecule has 0 saturated carbocycles. The van der Waals surface area contributed by atoms with Crippen LogP contribution in [-0.4, -0.2) is 49.4 Å². The molecule has 3 heterocycles. The van der Waals surface area contributed by atoms with Gasteiger partial charge in [-0.3, -0.25) is 4.79 Å². The lowest BCUT2D eigenvalue weighted by Gasteiger charge is -2.38. The summed E-state index contributed by atoms with van der Waals surface area (Å²) in [5.74, 6) is 0.0410. The first-order valence-electron chi connectivity index (χ1n) is 8.09. The highest BCUT2D eigenvalue weighted by Crippen LogP contribution is 2.40. The van der Waals surface area contributed by atoms with Gasteiger partial charge < -0.3 is 4.90 Å². The molecule has 2 fully saturated rings. The molecular formula is C17H20N4OS. The van der Waals surface area contributed by atoms with Gasteiger partial charge in [0.2, 0.25) is 0 Å². The maximum atomic E-state index is 12.9. The van der Waals surface area contributed by atoms with E-state index in [4.69, 9.17) is 0 Å². The number of fused-ring (bicyclic) bond motifs is 2. The largest absolute Gasteiger partial charge is 0.331 e. The van der Waals surface area contributed by atoms with Crippen molar-refractivity contribution in [2.75, 3.05) is 6.26 Å². The predicted molar refractivity (Wildman–Crippen MR) is 90.9 cm³/mol. The molecule has 6 heteroatoms. The van der Waals surface area contributed by atoms with Crippen LogP contribution < -0.4 is 0 Å². The Morgan fingerprint density at radius 2 is 1.87 bits per heavy atom. The van der Waals surface area contributed by atoms with E-state index in [0.29, 0.717) is 23.0 Å². The van der Waals surface area contributed by atoms with Gasteiger partial charge in [0.25, 0.3) is 5.91 Å². The number of benzene rings is 1. The first kappa shape index (κ1) is 14.8. The van der Waals surface area contributed by atoms with E-state index in [0.717, 1.165) is 31.4 Å². The van der Waals surface area contributed by atoms with Crippen LogP contribution in [0.1, 0.15) is 36.2 Å². The number of hydrogen-bond acceptors (Lipinski definition) is 4. The third kappa shape index (κ3) is 2.65. The number of thioether (sulfide) groups is 1. The maximum Gasteiger partial charge on any atom is 0.276 e. The lowest BCUT2D eigenvalue weighted by Crippen LogP contribution is -2.47. The highest BCUT2D eigenvalue weighted by molar-refractivity contribution is 7.99. The van der Waals surface area contributed by atoms with Crippen LogP contribution in [0.4, 0.5) is 0 Å². The fourth-order valence-electron chi connectivity index (χ4n) is 3.83. The van der Waals surface area contributed by atoms with Gasteiger partial charge >= 0.3 is 0 Å². The Balaban J connectivity index is 1.55. The molecular weight excluding hydrogens is 308 g/mol. The van der Waals surface area contributed by atoms with Crippen molar-refractivity contribution >= 4 is 17.7 Å². The molecule has 23 heavy (non-hydrogen) atoms. The van der Waals surface area contributed by atoms with Crippen molar-refractivity contribution in [3.63, 3.8) is 0 Å². The molecule has 5 nitrogen and oxygen atoms in total. The molecule has 1 aromatic carbocycles. The van der Waals surface area contributed by atoms with Crippen LogP contribution in [0.25, 0.3) is 5.69 Å². The Labute approximate surface area is 140 Å². The van der Waals surface area contributed by atoms with Gasteiger partial charge in [0.1, 0.15) is 0 Å². The van der Waals surface area contributed by atoms with Crippen LogP contribution in [0.2, 0.25) is 0 Å². The molecule has 4 rings (SSSR count). The summed E-state index contributed by atoms with van der Waals surface area (Å²) in [5, 5.41) is 9.35. The van der Waals surface area contributed by atoms with Gasteiger partial charge in [0, 0.05) is 17.3 Å². The van der Waals surface area contributed by atoms with Gasteiger partial charge in [-0.05, 0) is 44.1 Å². The minimum atomic E-state index is 0.0410. The topological polar surface area (TPSA) is 51.0 Å². The summed E-state index contributed by atoms with van der Waals surface area (Å²) in [4.78, 5) is 16.5. The zero-order valence-electron chi connectivity index (χ0n) is 13.1. The lowest BCUT2D eigenvalue weighted by atomic mass is 10.0. The molecule has 1 aromatic heterocycles. The molecule has 0 N–H and O–H groups in total. The molecule has 2 unspecified atom stereocenters. The summed E-state index contributed by atoms with van der Waals surface area (Å²) >= 11 is 1.93. The minimum Gasteiger partial charge on any atom is -0.331 e. The van der Waals surface area contributed by atoms with E-state index in [1.807, 2.05) is 42.1 Å². The Bertz CT molecular complexity index is 688. The van der Waals surface area contributed by atoms with E-state index in [9.17, 15) is 4.79 Å². The van der Waals surface area contributed by atoms with Crippen molar-refractivity contribution in [3.8, 4) is 5.69 Å². The third-order valence-electron chi connectivity index (χ3n) is 4.96. The Hall–Kier alpha value is -1.82. The summed E-state index contributed by atoms with van der Waals surface area (Å²) in [7, 11) is 0. The Kier molecular flexibility index (Phi) is 3.85. The van der Waals surface area contributed by atoms with Gasteiger partial charge in [-0.2, -0.15) is 21.7 Å². The van der Waals surface area contributed by atoms with Gasteiger partial charge in [-0.1, -0.05) is 18.2 Å². The van der Waals surface area contributed by atoms with Crippen LogP contribution in [-0.2, 0) is 0 Å². The molecule has 0 aliphatic carbocycles. The van der Waals surface area contributed by atoms with Crippen molar-refractivity contribution in [1.82, 2.24) is 19.9 Å². The molecule has 2 saturated heterocycles. The van der Waals surface area contributed by atoms with Crippen LogP contribution in [0.3, 0.4) is 0 Å². The van der Waals surface area contributed by atoms with Gasteiger partial charge in [-0.15, -0.1) is 5.10 Å². The van der Waals surface area contributed by atoms with Crippen molar-refractivity contribution in [3.05, 3.63) is 42.2 Å². The van der Waals surface area contributed by atoms with Crippen molar-refractivity contribution in [2.45, 2.75) is 43.0 Å². The summed E-state index contributed by atoms with van der Waals surface area (Å²) < 4.78 is 0. The number of piperidine rings is 1. The quantitative estimate of drug-likeness (QED) is 0.869. The minimum absolute atomic E-state index is 0.0410. The number of rotatable bonds is 3. The number of carbonyl (C=O) groups is 1. The van der Waals surface area contributed by atoms with Gasteiger partial charge in [-0.25, -0.2) is 0 Å². The fraction of sp³-hybridized carbons (Fsp3) is 0.471. The van der Waals surface area contributed by atoms with E-state index in [2.05, 4.69) is 21.4 Å². The number of para-hydroxylation sites is 1. The maximum absolute atomic E-state index is 12.9. The number of amides is 1. The van der Waals surface area contributed by atoms with E-state index in [1.54, 1.807) is 6.20 Å². The second-order valence-corrected chi connectivity index (χ2v) is 7.42. The summed E-state index contributed by atoms with van der Waals surface area (Å²) in [6.45, 7) is 0. The fourth-order valence-corrected chi connectivity index (χ4v) is 4.66. The van der Waals surface area contributed by atoms with Crippen LogP contribution in [0.15, 0.2) is 36.5 Å². The van der Waals surface area contributed by atoms with Crippen molar-refractivity contribution in [1.29, 1.82) is 0 Å². The zero-order chi connectivity index (χ0) is 15.8. The second kappa shape index (κ2) is 6.00. The van der Waals surface area contributed by atoms with Crippen molar-refractivity contribution < 1.29 is 4.79 Å². The highest BCUT2D eigenvalue weighted by Gasteiger charge is 2.43. The van der Waals surface area contributed by atoms with E-state index in [-0.39, 0.29) is 5.91 Å². The third-order valence-corrected chi connectivity index (χ3v) is 6.01. The number of hydrogen-bond donors (Lipinski definition) is 0. The zero-order valence-corrected chi connectivity index (χ0v) is 13.9. The molecule has 1 amide bonds. The summed E-state index contributed by atoms with van der Waals surface area (Å²) in [5.41, 5.74) is 1.32. The first-order chi connectivity index (χ1) is 11.3. The standard InChI is InChI=1S/C17H20N4OS/c1-23-15-9-13-7-8-14(10-15)20(13)17(22)16-11-18-21(19-16)12-5-3-2-4-6-12/h2-6,11,13-15H,7-10H2,1H3. The highest BCUT2D eigenvalue weighted by atomic mass is 32.2. The van der Waals surface area contributed by atoms with Crippen LogP contribution in [0, 0.1) is 0 Å². The normalized spacial score (nSPS) is 26.5. The molecule has 2 atom stereocenters. The van der Waals surface area contributed by atoms with Crippen molar-refractivity contribution in [2.24, 2.45) is 0 Å². The van der Waals surface area contributed by atoms with Crippen LogP contribution >= 0.6 is 11.8 Å². The predicted octanol–water partition coefficient (Wildman–Crippen LogP) is 2.77. The van der Waals surface area contributed by atoms with Gasteiger partial charge in [0.15, 0.2) is 5.69 Å². The SMILES string of the molecule is CSC1CC2CCC(C1)N2C(=O)c1cnn(-c2ccccc2)n1. The lowest BCUT2D eigenvalue weighted by molar-refractivity contribution is 0.0595. The number of nitrogens with zero attached hydrogens (tertiary/aromatic N) is 4. The average Bonchev–Trinajstić information content (AvgIpc) is 3.18. The van der Waals surface area contributed by atoms with Crippen LogP contribution in [0.5, 0.6) is 0 Å². The first-order valence-corrected chi connectivity index (χ1v) is 9.38. The molecule has 2 aliphatic heterocycles. The number of carbonyl (C=O) groups excluding carboxylic acids is 1. The summed E-state index contributed by atoms with van der Waals surface area (Å²) in [6, 6.07) is 10.4. The molecule has 120 valence electrons. The number of aromatic nitrogens is 3. The van der Waals surface area contributed by atoms with Gasteiger partial charge in [0.05, 0.1) is 11.9 Å². The molecule has 0 radical (unpaired) electrons. The monoisotopic (exact) mass is 328 g/mol.